The number of benzene rings is 1. The van der Waals surface area contributed by atoms with Gasteiger partial charge in [0.15, 0.2) is 0 Å². The lowest BCUT2D eigenvalue weighted by atomic mass is 10.2. The number of nitrogens with two attached hydrogens (primary N) is 1. The van der Waals surface area contributed by atoms with Crippen molar-refractivity contribution in [3.8, 4) is 0 Å². The lowest BCUT2D eigenvalue weighted by Crippen LogP contribution is -2.38. The van der Waals surface area contributed by atoms with Gasteiger partial charge in [0.1, 0.15) is 15.5 Å². The summed E-state index contributed by atoms with van der Waals surface area (Å²) < 4.78 is 3.16. The van der Waals surface area contributed by atoms with E-state index in [4.69, 9.17) is 17.3 Å². The molecule has 0 aliphatic heterocycles. The van der Waals surface area contributed by atoms with Crippen LogP contribution in [0, 0.1) is 6.92 Å². The van der Waals surface area contributed by atoms with Gasteiger partial charge < -0.3 is 11.1 Å². The minimum Gasteiger partial charge on any atom is -0.384 e. The molecule has 0 saturated heterocycles. The average Bonchev–Trinajstić information content (AvgIpc) is 3.22. The second-order valence-electron chi connectivity index (χ2n) is 7.09. The van der Waals surface area contributed by atoms with E-state index in [1.54, 1.807) is 43.5 Å². The van der Waals surface area contributed by atoms with Gasteiger partial charge in [-0.3, -0.25) is 18.6 Å². The highest BCUT2D eigenvalue weighted by molar-refractivity contribution is 9.10. The summed E-state index contributed by atoms with van der Waals surface area (Å²) in [5.74, 6) is 0.00884. The minimum absolute atomic E-state index is 0.0814. The van der Waals surface area contributed by atoms with Gasteiger partial charge in [-0.15, -0.1) is 11.3 Å². The van der Waals surface area contributed by atoms with Gasteiger partial charge in [0.05, 0.1) is 11.6 Å². The summed E-state index contributed by atoms with van der Waals surface area (Å²) in [5.41, 5.74) is 6.68. The molecule has 164 valence electrons. The summed E-state index contributed by atoms with van der Waals surface area (Å²) in [6, 6.07) is 8.62. The number of hydrogen-bond donors (Lipinski definition) is 2. The average molecular weight is 535 g/mol. The molecule has 4 aromatic rings. The molecular weight excluding hydrogens is 518 g/mol. The van der Waals surface area contributed by atoms with Crippen LogP contribution in [0.3, 0.4) is 0 Å². The van der Waals surface area contributed by atoms with Crippen molar-refractivity contribution in [1.29, 1.82) is 0 Å². The first-order valence-electron chi connectivity index (χ1n) is 9.42. The summed E-state index contributed by atoms with van der Waals surface area (Å²) in [5, 5.41) is 3.33. The maximum absolute atomic E-state index is 13.1. The number of hydrogen-bond acceptors (Lipinski definition) is 6. The molecule has 0 aliphatic rings. The molecule has 0 fully saturated rings. The van der Waals surface area contributed by atoms with Crippen LogP contribution in [-0.2, 0) is 13.1 Å². The first-order chi connectivity index (χ1) is 15.2. The number of anilines is 1. The van der Waals surface area contributed by atoms with Gasteiger partial charge in [-0.1, -0.05) is 17.7 Å². The number of rotatable bonds is 5. The Labute approximate surface area is 199 Å². The molecule has 0 atom stereocenters. The number of amides is 1. The van der Waals surface area contributed by atoms with E-state index in [9.17, 15) is 14.4 Å². The number of pyridine rings is 1. The van der Waals surface area contributed by atoms with Gasteiger partial charge in [-0.25, -0.2) is 9.78 Å². The summed E-state index contributed by atoms with van der Waals surface area (Å²) in [6.45, 7) is 1.98. The molecule has 1 aromatic carbocycles. The lowest BCUT2D eigenvalue weighted by Gasteiger charge is -2.08. The third-order valence-electron chi connectivity index (χ3n) is 4.84. The fourth-order valence-electron chi connectivity index (χ4n) is 3.20. The van der Waals surface area contributed by atoms with E-state index in [1.807, 2.05) is 0 Å². The van der Waals surface area contributed by atoms with Crippen molar-refractivity contribution in [2.24, 2.45) is 0 Å². The molecule has 1 amide bonds. The van der Waals surface area contributed by atoms with Crippen LogP contribution in [0.1, 0.15) is 26.4 Å². The van der Waals surface area contributed by atoms with Crippen LogP contribution in [0.25, 0.3) is 4.83 Å². The van der Waals surface area contributed by atoms with Crippen molar-refractivity contribution in [2.75, 3.05) is 5.73 Å². The SMILES string of the molecule is Cc1c(=O)n(Cc2ccc(Cl)c(Br)c2)c(=O)n2cc(C(=O)NCc3ccnc(N)c3)sc12. The summed E-state index contributed by atoms with van der Waals surface area (Å²) in [6.07, 6.45) is 3.02. The quantitative estimate of drug-likeness (QED) is 0.408. The molecule has 0 unspecified atom stereocenters. The Balaban J connectivity index is 1.66. The number of carbonyl (C=O) groups is 1. The molecule has 0 saturated carbocycles. The smallest absolute Gasteiger partial charge is 0.336 e. The van der Waals surface area contributed by atoms with Gasteiger partial charge in [0.25, 0.3) is 11.5 Å². The Morgan fingerprint density at radius 2 is 2.03 bits per heavy atom. The number of fused-ring (bicyclic) bond motifs is 1. The number of aromatic nitrogens is 3. The van der Waals surface area contributed by atoms with E-state index >= 15 is 0 Å². The maximum Gasteiger partial charge on any atom is 0.336 e. The van der Waals surface area contributed by atoms with E-state index < -0.39 is 11.2 Å². The molecule has 3 heterocycles. The van der Waals surface area contributed by atoms with Gasteiger partial charge in [0, 0.05) is 29.0 Å². The second kappa shape index (κ2) is 8.89. The zero-order valence-electron chi connectivity index (χ0n) is 16.8. The van der Waals surface area contributed by atoms with Crippen LogP contribution in [0.15, 0.2) is 56.8 Å². The Bertz CT molecular complexity index is 1480. The van der Waals surface area contributed by atoms with E-state index in [1.165, 1.54) is 10.6 Å². The molecule has 0 aliphatic carbocycles. The van der Waals surface area contributed by atoms with Crippen molar-refractivity contribution in [3.05, 3.63) is 94.6 Å². The van der Waals surface area contributed by atoms with Crippen molar-refractivity contribution in [1.82, 2.24) is 19.3 Å². The first kappa shape index (κ1) is 22.3. The van der Waals surface area contributed by atoms with E-state index in [-0.39, 0.29) is 19.0 Å². The molecule has 0 bridgehead atoms. The molecule has 8 nitrogen and oxygen atoms in total. The Hall–Kier alpha value is -2.95. The number of nitrogen functional groups attached to an aromatic ring is 1. The topological polar surface area (TPSA) is 111 Å². The largest absolute Gasteiger partial charge is 0.384 e. The van der Waals surface area contributed by atoms with Crippen LogP contribution in [0.2, 0.25) is 5.02 Å². The van der Waals surface area contributed by atoms with Gasteiger partial charge >= 0.3 is 5.69 Å². The van der Waals surface area contributed by atoms with Crippen molar-refractivity contribution in [3.63, 3.8) is 0 Å². The summed E-state index contributed by atoms with van der Waals surface area (Å²) >= 11 is 10.5. The van der Waals surface area contributed by atoms with Gasteiger partial charge in [-0.2, -0.15) is 0 Å². The van der Waals surface area contributed by atoms with Crippen LogP contribution in [0.5, 0.6) is 0 Å². The fourth-order valence-corrected chi connectivity index (χ4v) is 4.75. The van der Waals surface area contributed by atoms with E-state index in [0.717, 1.165) is 27.0 Å². The Kier molecular flexibility index (Phi) is 6.18. The van der Waals surface area contributed by atoms with Crippen LogP contribution in [0.4, 0.5) is 5.82 Å². The van der Waals surface area contributed by atoms with Gasteiger partial charge in [-0.05, 0) is 58.2 Å². The van der Waals surface area contributed by atoms with E-state index in [2.05, 4.69) is 26.2 Å². The Morgan fingerprint density at radius 1 is 1.25 bits per heavy atom. The summed E-state index contributed by atoms with van der Waals surface area (Å²) in [7, 11) is 0. The molecule has 11 heteroatoms. The monoisotopic (exact) mass is 533 g/mol. The highest BCUT2D eigenvalue weighted by Gasteiger charge is 2.18. The van der Waals surface area contributed by atoms with Crippen LogP contribution < -0.4 is 22.3 Å². The van der Waals surface area contributed by atoms with Crippen LogP contribution in [-0.4, -0.2) is 19.9 Å². The van der Waals surface area contributed by atoms with Crippen molar-refractivity contribution in [2.45, 2.75) is 20.0 Å². The predicted octanol–water partition coefficient (Wildman–Crippen LogP) is 3.20. The van der Waals surface area contributed by atoms with Gasteiger partial charge in [0.2, 0.25) is 0 Å². The first-order valence-corrected chi connectivity index (χ1v) is 11.4. The molecule has 0 spiro atoms. The number of carbonyl (C=O) groups excluding carboxylic acids is 1. The molecule has 0 radical (unpaired) electrons. The zero-order valence-corrected chi connectivity index (χ0v) is 19.9. The van der Waals surface area contributed by atoms with Crippen molar-refractivity contribution < 1.29 is 4.79 Å². The highest BCUT2D eigenvalue weighted by atomic mass is 79.9. The third-order valence-corrected chi connectivity index (χ3v) is 7.26. The summed E-state index contributed by atoms with van der Waals surface area (Å²) in [4.78, 5) is 43.3. The third kappa shape index (κ3) is 4.34. The highest BCUT2D eigenvalue weighted by Crippen LogP contribution is 2.23. The number of aryl methyl sites for hydroxylation is 1. The minimum atomic E-state index is -0.515. The maximum atomic E-state index is 13.1. The molecule has 4 rings (SSSR count). The molecular formula is C21H17BrClN5O3S. The fraction of sp³-hybridized carbons (Fsp3) is 0.143. The lowest BCUT2D eigenvalue weighted by molar-refractivity contribution is 0.0954. The zero-order chi connectivity index (χ0) is 23.0. The standard InChI is InChI=1S/C21H17BrClN5O3S/c1-11-19(30)27(9-13-2-3-15(23)14(22)6-13)21(31)28-10-16(32-20(11)28)18(29)26-8-12-4-5-25-17(24)7-12/h2-7,10H,8-9H2,1H3,(H2,24,25)(H,26,29). The number of nitrogens with zero attached hydrogens (tertiary/aromatic N) is 3. The number of nitrogens with one attached hydrogen (secondary N) is 1. The Morgan fingerprint density at radius 3 is 2.75 bits per heavy atom. The molecule has 3 N–H and O–H groups in total. The predicted molar refractivity (Wildman–Crippen MR) is 129 cm³/mol. The van der Waals surface area contributed by atoms with Crippen molar-refractivity contribution >= 4 is 55.4 Å². The number of thiazole rings is 1. The van der Waals surface area contributed by atoms with Crippen LogP contribution >= 0.6 is 38.9 Å². The normalized spacial score (nSPS) is 11.1. The molecule has 3 aromatic heterocycles. The molecule has 32 heavy (non-hydrogen) atoms. The number of halogens is 2. The van der Waals surface area contributed by atoms with E-state index in [0.29, 0.717) is 30.6 Å². The second-order valence-corrected chi connectivity index (χ2v) is 9.38.